The standard InChI is InChI=1S/C20H27N3O3/c1-5-6-15-17-14(9-16(13-7-8-13)21-18(17)26-22-15)19(24)23-10-12(2)25-20(3,4)11-23/h9,12-13H,5-8,10-11H2,1-4H3/t12-/m1/s1. The van der Waals surface area contributed by atoms with Crippen molar-refractivity contribution in [1.82, 2.24) is 15.0 Å². The monoisotopic (exact) mass is 357 g/mol. The number of rotatable bonds is 4. The van der Waals surface area contributed by atoms with Crippen LogP contribution < -0.4 is 0 Å². The second-order valence-electron chi connectivity index (χ2n) is 8.30. The third-order valence-electron chi connectivity index (χ3n) is 5.11. The Kier molecular flexibility index (Phi) is 4.26. The maximum absolute atomic E-state index is 13.5. The number of ether oxygens (including phenoxy) is 1. The fraction of sp³-hybridized carbons (Fsp3) is 0.650. The summed E-state index contributed by atoms with van der Waals surface area (Å²) in [5.74, 6) is 0.480. The molecule has 2 aromatic rings. The van der Waals surface area contributed by atoms with E-state index < -0.39 is 0 Å². The maximum Gasteiger partial charge on any atom is 0.259 e. The largest absolute Gasteiger partial charge is 0.369 e. The van der Waals surface area contributed by atoms with Crippen molar-refractivity contribution in [2.45, 2.75) is 71.0 Å². The fourth-order valence-electron chi connectivity index (χ4n) is 3.97. The molecule has 0 spiro atoms. The minimum Gasteiger partial charge on any atom is -0.369 e. The summed E-state index contributed by atoms with van der Waals surface area (Å²) in [5.41, 5.74) is 2.63. The molecule has 0 N–H and O–H groups in total. The van der Waals surface area contributed by atoms with E-state index in [0.717, 1.165) is 42.5 Å². The van der Waals surface area contributed by atoms with Gasteiger partial charge in [0.05, 0.1) is 28.3 Å². The van der Waals surface area contributed by atoms with E-state index in [0.29, 0.717) is 30.3 Å². The van der Waals surface area contributed by atoms with Crippen LogP contribution in [0.15, 0.2) is 10.6 Å². The first kappa shape index (κ1) is 17.5. The number of nitrogens with zero attached hydrogens (tertiary/aromatic N) is 3. The molecule has 6 heteroatoms. The third kappa shape index (κ3) is 3.22. The predicted octanol–water partition coefficient (Wildman–Crippen LogP) is 3.69. The molecule has 2 fully saturated rings. The van der Waals surface area contributed by atoms with Crippen LogP contribution >= 0.6 is 0 Å². The Morgan fingerprint density at radius 2 is 2.15 bits per heavy atom. The van der Waals surface area contributed by atoms with Crippen LogP contribution in [-0.4, -0.2) is 45.7 Å². The third-order valence-corrected chi connectivity index (χ3v) is 5.11. The van der Waals surface area contributed by atoms with Gasteiger partial charge in [-0.25, -0.2) is 4.98 Å². The van der Waals surface area contributed by atoms with Gasteiger partial charge in [-0.15, -0.1) is 0 Å². The first-order valence-corrected chi connectivity index (χ1v) is 9.64. The van der Waals surface area contributed by atoms with Crippen LogP contribution in [0.3, 0.4) is 0 Å². The number of amides is 1. The van der Waals surface area contributed by atoms with Crippen molar-refractivity contribution < 1.29 is 14.1 Å². The fourth-order valence-corrected chi connectivity index (χ4v) is 3.97. The first-order chi connectivity index (χ1) is 12.4. The Morgan fingerprint density at radius 3 is 2.81 bits per heavy atom. The summed E-state index contributed by atoms with van der Waals surface area (Å²) in [6, 6.07) is 1.98. The van der Waals surface area contributed by atoms with Crippen molar-refractivity contribution in [1.29, 1.82) is 0 Å². The van der Waals surface area contributed by atoms with Crippen molar-refractivity contribution in [3.63, 3.8) is 0 Å². The van der Waals surface area contributed by atoms with Gasteiger partial charge in [0.15, 0.2) is 0 Å². The Labute approximate surface area is 153 Å². The van der Waals surface area contributed by atoms with Gasteiger partial charge in [0, 0.05) is 24.7 Å². The molecule has 4 rings (SSSR count). The highest BCUT2D eigenvalue weighted by Crippen LogP contribution is 2.41. The molecule has 6 nitrogen and oxygen atoms in total. The van der Waals surface area contributed by atoms with E-state index in [1.807, 2.05) is 31.7 Å². The number of hydrogen-bond acceptors (Lipinski definition) is 5. The van der Waals surface area contributed by atoms with E-state index >= 15 is 0 Å². The molecule has 0 radical (unpaired) electrons. The zero-order valence-corrected chi connectivity index (χ0v) is 16.0. The molecule has 26 heavy (non-hydrogen) atoms. The summed E-state index contributed by atoms with van der Waals surface area (Å²) < 4.78 is 11.5. The lowest BCUT2D eigenvalue weighted by Crippen LogP contribution is -2.53. The molecule has 1 amide bonds. The minimum absolute atomic E-state index is 0.0144. The van der Waals surface area contributed by atoms with E-state index in [-0.39, 0.29) is 17.6 Å². The molecule has 1 saturated heterocycles. The molecular weight excluding hydrogens is 330 g/mol. The van der Waals surface area contributed by atoms with Gasteiger partial charge in [-0.1, -0.05) is 18.5 Å². The number of morpholine rings is 1. The average molecular weight is 357 g/mol. The van der Waals surface area contributed by atoms with Gasteiger partial charge in [0.2, 0.25) is 0 Å². The molecular formula is C20H27N3O3. The Hall–Kier alpha value is -1.95. The van der Waals surface area contributed by atoms with Crippen LogP contribution in [0.4, 0.5) is 0 Å². The summed E-state index contributed by atoms with van der Waals surface area (Å²) in [5, 5.41) is 4.99. The molecule has 0 bridgehead atoms. The number of carbonyl (C=O) groups excluding carboxylic acids is 1. The lowest BCUT2D eigenvalue weighted by Gasteiger charge is -2.41. The van der Waals surface area contributed by atoms with Crippen LogP contribution in [0.5, 0.6) is 0 Å². The molecule has 0 unspecified atom stereocenters. The van der Waals surface area contributed by atoms with Crippen molar-refractivity contribution in [2.75, 3.05) is 13.1 Å². The summed E-state index contributed by atoms with van der Waals surface area (Å²) in [6.45, 7) is 9.35. The highest BCUT2D eigenvalue weighted by molar-refractivity contribution is 6.06. The van der Waals surface area contributed by atoms with E-state index in [1.54, 1.807) is 0 Å². The van der Waals surface area contributed by atoms with Gasteiger partial charge in [0.1, 0.15) is 0 Å². The normalized spacial score (nSPS) is 22.8. The average Bonchev–Trinajstić information content (AvgIpc) is 3.34. The van der Waals surface area contributed by atoms with Gasteiger partial charge >= 0.3 is 0 Å². The zero-order chi connectivity index (χ0) is 18.5. The Morgan fingerprint density at radius 1 is 1.38 bits per heavy atom. The van der Waals surface area contributed by atoms with Gasteiger partial charge in [0.25, 0.3) is 11.6 Å². The van der Waals surface area contributed by atoms with E-state index in [9.17, 15) is 4.79 Å². The summed E-state index contributed by atoms with van der Waals surface area (Å²) in [4.78, 5) is 20.0. The molecule has 1 aliphatic heterocycles. The predicted molar refractivity (Wildman–Crippen MR) is 98.3 cm³/mol. The molecule has 3 heterocycles. The number of carbonyl (C=O) groups is 1. The zero-order valence-electron chi connectivity index (χ0n) is 16.0. The van der Waals surface area contributed by atoms with Crippen molar-refractivity contribution in [3.05, 3.63) is 23.0 Å². The number of pyridine rings is 1. The lowest BCUT2D eigenvalue weighted by atomic mass is 10.0. The quantitative estimate of drug-likeness (QED) is 0.835. The number of fused-ring (bicyclic) bond motifs is 1. The van der Waals surface area contributed by atoms with E-state index in [1.165, 1.54) is 0 Å². The molecule has 0 aromatic carbocycles. The van der Waals surface area contributed by atoms with Gasteiger partial charge in [-0.3, -0.25) is 4.79 Å². The number of aromatic nitrogens is 2. The topological polar surface area (TPSA) is 68.5 Å². The van der Waals surface area contributed by atoms with Crippen LogP contribution in [-0.2, 0) is 11.2 Å². The minimum atomic E-state index is -0.348. The summed E-state index contributed by atoms with van der Waals surface area (Å²) >= 11 is 0. The highest BCUT2D eigenvalue weighted by atomic mass is 16.5. The van der Waals surface area contributed by atoms with E-state index in [4.69, 9.17) is 9.26 Å². The summed E-state index contributed by atoms with van der Waals surface area (Å²) in [7, 11) is 0. The molecule has 1 aliphatic carbocycles. The second-order valence-corrected chi connectivity index (χ2v) is 8.30. The van der Waals surface area contributed by atoms with Crippen LogP contribution in [0, 0.1) is 0 Å². The van der Waals surface area contributed by atoms with Crippen molar-refractivity contribution >= 4 is 17.0 Å². The smallest absolute Gasteiger partial charge is 0.259 e. The van der Waals surface area contributed by atoms with E-state index in [2.05, 4.69) is 17.1 Å². The summed E-state index contributed by atoms with van der Waals surface area (Å²) in [6.07, 6.45) is 4.00. The highest BCUT2D eigenvalue weighted by Gasteiger charge is 2.36. The molecule has 2 aliphatic rings. The Bertz CT molecular complexity index is 838. The number of hydrogen-bond donors (Lipinski definition) is 0. The molecule has 1 saturated carbocycles. The molecule has 140 valence electrons. The van der Waals surface area contributed by atoms with Crippen molar-refractivity contribution in [3.8, 4) is 0 Å². The van der Waals surface area contributed by atoms with Gasteiger partial charge in [-0.2, -0.15) is 0 Å². The lowest BCUT2D eigenvalue weighted by molar-refractivity contribution is -0.118. The SMILES string of the molecule is CCCc1noc2nc(C3CC3)cc(C(=O)N3C[C@@H](C)OC(C)(C)C3)c12. The number of aryl methyl sites for hydroxylation is 1. The van der Waals surface area contributed by atoms with Crippen LogP contribution in [0.25, 0.3) is 11.1 Å². The van der Waals surface area contributed by atoms with Gasteiger partial charge in [-0.05, 0) is 46.1 Å². The van der Waals surface area contributed by atoms with Crippen molar-refractivity contribution in [2.24, 2.45) is 0 Å². The second kappa shape index (κ2) is 6.34. The Balaban J connectivity index is 1.78. The maximum atomic E-state index is 13.5. The van der Waals surface area contributed by atoms with Gasteiger partial charge < -0.3 is 14.2 Å². The molecule has 1 atom stereocenters. The van der Waals surface area contributed by atoms with Crippen LogP contribution in [0.1, 0.15) is 74.6 Å². The first-order valence-electron chi connectivity index (χ1n) is 9.64. The van der Waals surface area contributed by atoms with Crippen LogP contribution in [0.2, 0.25) is 0 Å². The molecule has 2 aromatic heterocycles.